The van der Waals surface area contributed by atoms with Crippen LogP contribution in [0.3, 0.4) is 0 Å². The molecule has 0 radical (unpaired) electrons. The average molecular weight is 395 g/mol. The highest BCUT2D eigenvalue weighted by Crippen LogP contribution is 2.29. The van der Waals surface area contributed by atoms with E-state index in [9.17, 15) is 9.59 Å². The molecule has 1 aliphatic heterocycles. The lowest BCUT2D eigenvalue weighted by Crippen LogP contribution is -2.39. The van der Waals surface area contributed by atoms with Crippen molar-refractivity contribution in [2.45, 2.75) is 25.7 Å². The molecule has 29 heavy (non-hydrogen) atoms. The Morgan fingerprint density at radius 2 is 2.03 bits per heavy atom. The first-order valence-corrected chi connectivity index (χ1v) is 9.56. The first-order chi connectivity index (χ1) is 14.2. The molecule has 9 heteroatoms. The Hall–Kier alpha value is -3.49. The average Bonchev–Trinajstić information content (AvgIpc) is 3.46. The summed E-state index contributed by atoms with van der Waals surface area (Å²) in [7, 11) is 0. The van der Waals surface area contributed by atoms with Crippen molar-refractivity contribution in [2.24, 2.45) is 0 Å². The van der Waals surface area contributed by atoms with Crippen LogP contribution in [0.15, 0.2) is 47.2 Å². The molecule has 1 amide bonds. The predicted molar refractivity (Wildman–Crippen MR) is 102 cm³/mol. The Labute approximate surface area is 167 Å². The van der Waals surface area contributed by atoms with Crippen molar-refractivity contribution in [1.29, 1.82) is 0 Å². The number of piperidine rings is 1. The summed E-state index contributed by atoms with van der Waals surface area (Å²) in [5.74, 6) is -0.0365. The van der Waals surface area contributed by atoms with E-state index >= 15 is 0 Å². The smallest absolute Gasteiger partial charge is 0.360 e. The number of rotatable bonds is 5. The van der Waals surface area contributed by atoms with Crippen molar-refractivity contribution in [2.75, 3.05) is 19.7 Å². The molecule has 2 aromatic heterocycles. The number of hydrogen-bond donors (Lipinski definition) is 0. The van der Waals surface area contributed by atoms with Gasteiger partial charge in [0.1, 0.15) is 5.76 Å². The van der Waals surface area contributed by atoms with Crippen molar-refractivity contribution in [3.05, 3.63) is 59.7 Å². The van der Waals surface area contributed by atoms with Crippen molar-refractivity contribution in [3.63, 3.8) is 0 Å². The van der Waals surface area contributed by atoms with Gasteiger partial charge in [0.2, 0.25) is 0 Å². The number of para-hydroxylation sites is 1. The molecule has 3 aromatic rings. The van der Waals surface area contributed by atoms with Gasteiger partial charge >= 0.3 is 5.97 Å². The Bertz CT molecular complexity index is 998. The number of aromatic nitrogens is 4. The highest BCUT2D eigenvalue weighted by atomic mass is 16.5. The molecule has 0 saturated carbocycles. The van der Waals surface area contributed by atoms with Gasteiger partial charge in [-0.15, -0.1) is 0 Å². The first-order valence-electron chi connectivity index (χ1n) is 9.56. The monoisotopic (exact) mass is 395 g/mol. The van der Waals surface area contributed by atoms with E-state index in [1.54, 1.807) is 36.4 Å². The molecular formula is C20H21N5O4. The number of carbonyl (C=O) groups excluding carboxylic acids is 2. The minimum Gasteiger partial charge on any atom is -0.461 e. The normalized spacial score (nSPS) is 16.6. The van der Waals surface area contributed by atoms with Crippen molar-refractivity contribution in [3.8, 4) is 5.69 Å². The Morgan fingerprint density at radius 3 is 2.83 bits per heavy atom. The lowest BCUT2D eigenvalue weighted by molar-refractivity contribution is 0.0514. The van der Waals surface area contributed by atoms with Gasteiger partial charge in [-0.25, -0.2) is 4.79 Å². The van der Waals surface area contributed by atoms with Gasteiger partial charge in [0.05, 0.1) is 30.3 Å². The highest BCUT2D eigenvalue weighted by Gasteiger charge is 2.30. The van der Waals surface area contributed by atoms with E-state index in [0.29, 0.717) is 30.1 Å². The van der Waals surface area contributed by atoms with Gasteiger partial charge in [-0.1, -0.05) is 17.3 Å². The molecule has 1 aromatic carbocycles. The van der Waals surface area contributed by atoms with Crippen LogP contribution < -0.4 is 0 Å². The fourth-order valence-electron chi connectivity index (χ4n) is 3.52. The molecule has 3 heterocycles. The third-order valence-electron chi connectivity index (χ3n) is 4.89. The number of nitrogens with zero attached hydrogens (tertiary/aromatic N) is 5. The summed E-state index contributed by atoms with van der Waals surface area (Å²) in [6, 6.07) is 8.87. The molecular weight excluding hydrogens is 374 g/mol. The Balaban J connectivity index is 1.52. The molecule has 1 atom stereocenters. The van der Waals surface area contributed by atoms with E-state index in [4.69, 9.17) is 9.26 Å². The van der Waals surface area contributed by atoms with E-state index in [-0.39, 0.29) is 24.1 Å². The van der Waals surface area contributed by atoms with Crippen LogP contribution >= 0.6 is 0 Å². The molecule has 1 aliphatic rings. The number of amides is 1. The minimum atomic E-state index is -0.508. The lowest BCUT2D eigenvalue weighted by Gasteiger charge is -2.32. The maximum atomic E-state index is 13.2. The van der Waals surface area contributed by atoms with Crippen LogP contribution in [0, 0.1) is 0 Å². The quantitative estimate of drug-likeness (QED) is 0.611. The topological polar surface area (TPSA) is 103 Å². The molecule has 9 nitrogen and oxygen atoms in total. The molecule has 0 N–H and O–H groups in total. The zero-order valence-corrected chi connectivity index (χ0v) is 16.0. The third kappa shape index (κ3) is 3.89. The maximum Gasteiger partial charge on any atom is 0.360 e. The summed E-state index contributed by atoms with van der Waals surface area (Å²) in [4.78, 5) is 28.3. The van der Waals surface area contributed by atoms with E-state index < -0.39 is 5.97 Å². The second-order valence-corrected chi connectivity index (χ2v) is 6.76. The van der Waals surface area contributed by atoms with Gasteiger partial charge in [-0.2, -0.15) is 15.0 Å². The van der Waals surface area contributed by atoms with Crippen molar-refractivity contribution >= 4 is 11.9 Å². The number of likely N-dealkylation sites (tertiary alicyclic amines) is 1. The second kappa shape index (κ2) is 8.26. The van der Waals surface area contributed by atoms with E-state index in [2.05, 4.69) is 15.4 Å². The zero-order chi connectivity index (χ0) is 20.2. The van der Waals surface area contributed by atoms with Gasteiger partial charge in [-0.05, 0) is 31.9 Å². The standard InChI is InChI=1S/C20H21N5O4/c1-2-28-20(27)16-12-18(29-23-16)14-6-5-11-24(13-14)19(26)15-7-3-4-8-17(15)25-21-9-10-22-25/h3-4,7-10,12,14H,2,5-6,11,13H2,1H3/t14-/m1/s1. The lowest BCUT2D eigenvalue weighted by atomic mass is 9.94. The molecule has 0 bridgehead atoms. The van der Waals surface area contributed by atoms with Crippen LogP contribution in [-0.4, -0.2) is 56.6 Å². The van der Waals surface area contributed by atoms with Crippen molar-refractivity contribution < 1.29 is 18.8 Å². The van der Waals surface area contributed by atoms with Gasteiger partial charge in [0.15, 0.2) is 5.69 Å². The summed E-state index contributed by atoms with van der Waals surface area (Å²) in [5, 5.41) is 12.1. The van der Waals surface area contributed by atoms with Crippen LogP contribution in [-0.2, 0) is 4.74 Å². The molecule has 4 rings (SSSR count). The molecule has 1 fully saturated rings. The van der Waals surface area contributed by atoms with Gasteiger partial charge in [-0.3, -0.25) is 4.79 Å². The number of ether oxygens (including phenoxy) is 1. The summed E-state index contributed by atoms with van der Waals surface area (Å²) in [5.41, 5.74) is 1.32. The van der Waals surface area contributed by atoms with Gasteiger partial charge in [0, 0.05) is 25.1 Å². The van der Waals surface area contributed by atoms with E-state index in [1.165, 1.54) is 4.80 Å². The third-order valence-corrected chi connectivity index (χ3v) is 4.89. The molecule has 0 spiro atoms. The minimum absolute atomic E-state index is 0.0293. The maximum absolute atomic E-state index is 13.2. The molecule has 0 unspecified atom stereocenters. The first kappa shape index (κ1) is 18.9. The molecule has 150 valence electrons. The SMILES string of the molecule is CCOC(=O)c1cc([C@@H]2CCCN(C(=O)c3ccccc3-n3nccn3)C2)on1. The van der Waals surface area contributed by atoms with Crippen LogP contribution in [0.25, 0.3) is 5.69 Å². The van der Waals surface area contributed by atoms with Crippen LogP contribution in [0.1, 0.15) is 52.3 Å². The van der Waals surface area contributed by atoms with Gasteiger partial charge in [0.25, 0.3) is 5.91 Å². The highest BCUT2D eigenvalue weighted by molar-refractivity contribution is 5.97. The Kier molecular flexibility index (Phi) is 5.37. The number of esters is 1. The van der Waals surface area contributed by atoms with Crippen molar-refractivity contribution in [1.82, 2.24) is 25.1 Å². The largest absolute Gasteiger partial charge is 0.461 e. The van der Waals surface area contributed by atoms with Crippen LogP contribution in [0.2, 0.25) is 0 Å². The summed E-state index contributed by atoms with van der Waals surface area (Å²) in [6.07, 6.45) is 4.82. The van der Waals surface area contributed by atoms with E-state index in [0.717, 1.165) is 12.8 Å². The molecule has 0 aliphatic carbocycles. The second-order valence-electron chi connectivity index (χ2n) is 6.76. The fraction of sp³-hybridized carbons (Fsp3) is 0.350. The van der Waals surface area contributed by atoms with Crippen LogP contribution in [0.5, 0.6) is 0 Å². The summed E-state index contributed by atoms with van der Waals surface area (Å²) >= 11 is 0. The Morgan fingerprint density at radius 1 is 1.24 bits per heavy atom. The number of hydrogen-bond acceptors (Lipinski definition) is 7. The van der Waals surface area contributed by atoms with Crippen LogP contribution in [0.4, 0.5) is 0 Å². The predicted octanol–water partition coefficient (Wildman–Crippen LogP) is 2.45. The van der Waals surface area contributed by atoms with E-state index in [1.807, 2.05) is 18.2 Å². The summed E-state index contributed by atoms with van der Waals surface area (Å²) < 4.78 is 10.3. The van der Waals surface area contributed by atoms with Gasteiger partial charge < -0.3 is 14.2 Å². The number of benzene rings is 1. The molecule has 1 saturated heterocycles. The number of carbonyl (C=O) groups is 2. The fourth-order valence-corrected chi connectivity index (χ4v) is 3.52. The zero-order valence-electron chi connectivity index (χ0n) is 16.0. The summed E-state index contributed by atoms with van der Waals surface area (Å²) in [6.45, 7) is 3.14.